The fraction of sp³-hybridized carbons (Fsp3) is 0.500. The standard InChI is InChI=1S/C40H56N3/c1-11-13-20-29(5)33-26-31(7)37(32(8)27-33)43-38(34-22-15-14-21-30(34)6)41-42(10)39(43)35-23-16-17-24-36(35)40(9,12-2)25-18-19-28(3)4/h14-17,21-24,26-29H,11-13,18-20,25H2,1-10H3/q+1. The first-order chi connectivity index (χ1) is 20.5. The van der Waals surface area contributed by atoms with Crippen LogP contribution in [0.1, 0.15) is 120 Å². The van der Waals surface area contributed by atoms with Crippen molar-refractivity contribution < 1.29 is 4.68 Å². The van der Waals surface area contributed by atoms with E-state index in [2.05, 4.69) is 139 Å². The Bertz CT molecular complexity index is 1500. The molecule has 0 aliphatic rings. The predicted molar refractivity (Wildman–Crippen MR) is 184 cm³/mol. The lowest BCUT2D eigenvalue weighted by Gasteiger charge is -2.31. The lowest BCUT2D eigenvalue weighted by molar-refractivity contribution is -0.717. The molecule has 230 valence electrons. The highest BCUT2D eigenvalue weighted by atomic mass is 15.4. The van der Waals surface area contributed by atoms with Gasteiger partial charge in [0.25, 0.3) is 5.82 Å². The van der Waals surface area contributed by atoms with Crippen LogP contribution in [0.15, 0.2) is 60.7 Å². The van der Waals surface area contributed by atoms with E-state index in [9.17, 15) is 0 Å². The molecule has 0 amide bonds. The molecule has 4 aromatic rings. The summed E-state index contributed by atoms with van der Waals surface area (Å²) in [4.78, 5) is 0. The first-order valence-electron chi connectivity index (χ1n) is 16.8. The molecular formula is C40H56N3+. The second kappa shape index (κ2) is 14.1. The van der Waals surface area contributed by atoms with Crippen molar-refractivity contribution in [2.45, 2.75) is 119 Å². The van der Waals surface area contributed by atoms with Crippen molar-refractivity contribution >= 4 is 0 Å². The fourth-order valence-electron chi connectivity index (χ4n) is 6.89. The average molecular weight is 579 g/mol. The summed E-state index contributed by atoms with van der Waals surface area (Å²) < 4.78 is 4.60. The number of nitrogens with zero attached hydrogens (tertiary/aromatic N) is 3. The number of rotatable bonds is 13. The molecule has 0 radical (unpaired) electrons. The Kier molecular flexibility index (Phi) is 10.7. The maximum absolute atomic E-state index is 5.29. The van der Waals surface area contributed by atoms with E-state index in [4.69, 9.17) is 5.10 Å². The van der Waals surface area contributed by atoms with E-state index in [1.54, 1.807) is 0 Å². The van der Waals surface area contributed by atoms with Gasteiger partial charge in [-0.3, -0.25) is 0 Å². The molecule has 1 heterocycles. The van der Waals surface area contributed by atoms with Gasteiger partial charge in [0, 0.05) is 5.56 Å². The molecule has 0 N–H and O–H groups in total. The lowest BCUT2D eigenvalue weighted by Crippen LogP contribution is -2.34. The Balaban J connectivity index is 2.00. The van der Waals surface area contributed by atoms with E-state index in [0.29, 0.717) is 5.92 Å². The van der Waals surface area contributed by atoms with E-state index < -0.39 is 0 Å². The number of hydrogen-bond acceptors (Lipinski definition) is 1. The van der Waals surface area contributed by atoms with Gasteiger partial charge in [-0.15, -0.1) is 4.68 Å². The van der Waals surface area contributed by atoms with Crippen LogP contribution < -0.4 is 4.68 Å². The normalized spacial score (nSPS) is 13.8. The molecule has 0 fully saturated rings. The van der Waals surface area contributed by atoms with Gasteiger partial charge in [-0.1, -0.05) is 116 Å². The van der Waals surface area contributed by atoms with Crippen LogP contribution in [0.25, 0.3) is 28.5 Å². The van der Waals surface area contributed by atoms with Crippen LogP contribution in [0.5, 0.6) is 0 Å². The third-order valence-corrected chi connectivity index (χ3v) is 9.77. The number of benzene rings is 3. The van der Waals surface area contributed by atoms with Crippen LogP contribution >= 0.6 is 0 Å². The van der Waals surface area contributed by atoms with Gasteiger partial charge in [-0.05, 0) is 102 Å². The topological polar surface area (TPSA) is 21.7 Å². The maximum Gasteiger partial charge on any atom is 0.316 e. The molecule has 1 aromatic heterocycles. The molecule has 0 saturated heterocycles. The van der Waals surface area contributed by atoms with E-state index in [-0.39, 0.29) is 5.41 Å². The molecular weight excluding hydrogens is 522 g/mol. The number of unbranched alkanes of at least 4 members (excludes halogenated alkanes) is 1. The van der Waals surface area contributed by atoms with Crippen molar-refractivity contribution in [3.05, 3.63) is 88.5 Å². The molecule has 2 atom stereocenters. The number of aromatic nitrogens is 3. The van der Waals surface area contributed by atoms with Crippen molar-refractivity contribution in [1.29, 1.82) is 0 Å². The summed E-state index contributed by atoms with van der Waals surface area (Å²) in [6, 6.07) is 22.7. The van der Waals surface area contributed by atoms with Gasteiger partial charge in [0.1, 0.15) is 12.7 Å². The smallest absolute Gasteiger partial charge is 0.170 e. The summed E-state index contributed by atoms with van der Waals surface area (Å²) in [6.07, 6.45) is 8.53. The van der Waals surface area contributed by atoms with Crippen LogP contribution in [0, 0.1) is 26.7 Å². The van der Waals surface area contributed by atoms with Crippen LogP contribution in [-0.4, -0.2) is 9.67 Å². The van der Waals surface area contributed by atoms with Gasteiger partial charge in [-0.25, -0.2) is 0 Å². The first-order valence-corrected chi connectivity index (χ1v) is 16.8. The molecule has 0 spiro atoms. The predicted octanol–water partition coefficient (Wildman–Crippen LogP) is 10.7. The molecule has 0 aliphatic carbocycles. The van der Waals surface area contributed by atoms with Gasteiger partial charge in [0.15, 0.2) is 0 Å². The van der Waals surface area contributed by atoms with E-state index >= 15 is 0 Å². The van der Waals surface area contributed by atoms with E-state index in [1.165, 1.54) is 83.2 Å². The Labute approximate surface area is 262 Å². The van der Waals surface area contributed by atoms with Gasteiger partial charge in [0.05, 0.1) is 5.56 Å². The molecule has 0 saturated carbocycles. The zero-order chi connectivity index (χ0) is 31.3. The summed E-state index contributed by atoms with van der Waals surface area (Å²) >= 11 is 0. The quantitative estimate of drug-likeness (QED) is 0.145. The zero-order valence-corrected chi connectivity index (χ0v) is 28.7. The number of aryl methyl sites for hydroxylation is 4. The summed E-state index contributed by atoms with van der Waals surface area (Å²) in [6.45, 7) is 20.9. The lowest BCUT2D eigenvalue weighted by atomic mass is 9.73. The maximum atomic E-state index is 5.29. The van der Waals surface area contributed by atoms with Gasteiger partial charge in [0.2, 0.25) is 0 Å². The first kappa shape index (κ1) is 32.7. The Hall–Kier alpha value is -3.20. The van der Waals surface area contributed by atoms with E-state index in [0.717, 1.165) is 24.0 Å². The Morgan fingerprint density at radius 3 is 2.05 bits per heavy atom. The molecule has 2 unspecified atom stereocenters. The third-order valence-electron chi connectivity index (χ3n) is 9.77. The monoisotopic (exact) mass is 578 g/mol. The van der Waals surface area contributed by atoms with Crippen molar-refractivity contribution in [3.8, 4) is 28.5 Å². The summed E-state index contributed by atoms with van der Waals surface area (Å²) in [5.74, 6) is 3.43. The zero-order valence-electron chi connectivity index (χ0n) is 28.7. The second-order valence-corrected chi connectivity index (χ2v) is 13.7. The molecule has 0 bridgehead atoms. The van der Waals surface area contributed by atoms with Gasteiger partial charge >= 0.3 is 5.82 Å². The second-order valence-electron chi connectivity index (χ2n) is 13.7. The van der Waals surface area contributed by atoms with Crippen LogP contribution in [0.3, 0.4) is 0 Å². The molecule has 43 heavy (non-hydrogen) atoms. The van der Waals surface area contributed by atoms with Crippen molar-refractivity contribution in [2.24, 2.45) is 13.0 Å². The largest absolute Gasteiger partial charge is 0.316 e. The molecule has 3 aromatic carbocycles. The minimum atomic E-state index is 0.0824. The SMILES string of the molecule is CCCCC(C)c1cc(C)c(-n2c(-c3ccccc3C)n[n+](C)c2-c2ccccc2C(C)(CC)CCCC(C)C)c(C)c1. The van der Waals surface area contributed by atoms with Crippen LogP contribution in [0.4, 0.5) is 0 Å². The molecule has 4 rings (SSSR count). The fourth-order valence-corrected chi connectivity index (χ4v) is 6.89. The van der Waals surface area contributed by atoms with E-state index in [1.807, 2.05) is 0 Å². The van der Waals surface area contributed by atoms with Crippen LogP contribution in [-0.2, 0) is 12.5 Å². The highest BCUT2D eigenvalue weighted by molar-refractivity contribution is 5.71. The highest BCUT2D eigenvalue weighted by Crippen LogP contribution is 2.41. The average Bonchev–Trinajstić information content (AvgIpc) is 3.31. The highest BCUT2D eigenvalue weighted by Gasteiger charge is 2.36. The van der Waals surface area contributed by atoms with Gasteiger partial charge < -0.3 is 0 Å². The molecule has 3 nitrogen and oxygen atoms in total. The third kappa shape index (κ3) is 6.97. The summed E-state index contributed by atoms with van der Waals surface area (Å²) in [7, 11) is 2.12. The molecule has 0 aliphatic heterocycles. The van der Waals surface area contributed by atoms with Gasteiger partial charge in [-0.2, -0.15) is 4.57 Å². The number of hydrogen-bond donors (Lipinski definition) is 0. The Morgan fingerprint density at radius 2 is 1.44 bits per heavy atom. The molecule has 3 heteroatoms. The van der Waals surface area contributed by atoms with Crippen molar-refractivity contribution in [2.75, 3.05) is 0 Å². The minimum absolute atomic E-state index is 0.0824. The van der Waals surface area contributed by atoms with Crippen LogP contribution in [0.2, 0.25) is 0 Å². The summed E-state index contributed by atoms with van der Waals surface area (Å²) in [5.41, 5.74) is 10.5. The van der Waals surface area contributed by atoms with Crippen molar-refractivity contribution in [3.63, 3.8) is 0 Å². The minimum Gasteiger partial charge on any atom is -0.170 e. The van der Waals surface area contributed by atoms with Crippen molar-refractivity contribution in [1.82, 2.24) is 9.67 Å². The Morgan fingerprint density at radius 1 is 0.814 bits per heavy atom. The summed E-state index contributed by atoms with van der Waals surface area (Å²) in [5, 5.41) is 5.29.